The molecule has 0 heterocycles. The molecule has 2 heteroatoms. The second-order valence-corrected chi connectivity index (χ2v) is 10.8. The van der Waals surface area contributed by atoms with Crippen LogP contribution in [0, 0.1) is 11.8 Å². The minimum Gasteiger partial charge on any atom is -0.137 e. The van der Waals surface area contributed by atoms with E-state index in [-0.39, 0.29) is 0 Å². The van der Waals surface area contributed by atoms with Gasteiger partial charge >= 0.3 is 0 Å². The van der Waals surface area contributed by atoms with Gasteiger partial charge in [-0.2, -0.15) is 0 Å². The minimum atomic E-state index is 0.730. The van der Waals surface area contributed by atoms with Crippen molar-refractivity contribution in [1.82, 2.24) is 0 Å². The highest BCUT2D eigenvalue weighted by Crippen LogP contribution is 2.57. The average Bonchev–Trinajstić information content (AvgIpc) is 2.62. The van der Waals surface area contributed by atoms with E-state index in [2.05, 4.69) is 9.24 Å². The standard InChI is InChI=1S/C20H38P2/c21-16-20(17-10-4-1-5-11-17,18-12-6-2-7-13-18)22-19-14-8-3-9-15-19/h17-19,22H,1-16,21H2. The Bertz CT molecular complexity index is 292. The first kappa shape index (κ1) is 17.7. The molecule has 2 unspecified atom stereocenters. The molecule has 3 fully saturated rings. The summed E-state index contributed by atoms with van der Waals surface area (Å²) >= 11 is 0. The van der Waals surface area contributed by atoms with Gasteiger partial charge in [-0.15, -0.1) is 17.8 Å². The summed E-state index contributed by atoms with van der Waals surface area (Å²) in [6.07, 6.45) is 24.5. The van der Waals surface area contributed by atoms with Crippen LogP contribution in [0.2, 0.25) is 0 Å². The van der Waals surface area contributed by atoms with E-state index in [1.807, 2.05) is 0 Å². The third kappa shape index (κ3) is 4.09. The molecule has 0 spiro atoms. The van der Waals surface area contributed by atoms with Crippen LogP contribution in [0.3, 0.4) is 0 Å². The lowest BCUT2D eigenvalue weighted by Gasteiger charge is -2.51. The van der Waals surface area contributed by atoms with Crippen LogP contribution >= 0.6 is 17.8 Å². The molecular weight excluding hydrogens is 302 g/mol. The molecule has 0 aromatic heterocycles. The zero-order valence-corrected chi connectivity index (χ0v) is 16.8. The van der Waals surface area contributed by atoms with Crippen molar-refractivity contribution in [3.05, 3.63) is 0 Å². The van der Waals surface area contributed by atoms with E-state index in [4.69, 9.17) is 0 Å². The summed E-state index contributed by atoms with van der Waals surface area (Å²) in [6, 6.07) is 0. The maximum Gasteiger partial charge on any atom is -0.00286 e. The zero-order valence-electron chi connectivity index (χ0n) is 14.6. The Balaban J connectivity index is 1.77. The van der Waals surface area contributed by atoms with Crippen LogP contribution in [0.25, 0.3) is 0 Å². The highest BCUT2D eigenvalue weighted by atomic mass is 31.1. The number of hydrogen-bond acceptors (Lipinski definition) is 0. The summed E-state index contributed by atoms with van der Waals surface area (Å²) in [4.78, 5) is 0. The Morgan fingerprint density at radius 2 is 1.05 bits per heavy atom. The molecule has 0 amide bonds. The predicted octanol–water partition coefficient (Wildman–Crippen LogP) is 6.77. The molecule has 0 aromatic rings. The van der Waals surface area contributed by atoms with Gasteiger partial charge in [0.25, 0.3) is 0 Å². The van der Waals surface area contributed by atoms with Crippen LogP contribution < -0.4 is 0 Å². The van der Waals surface area contributed by atoms with Crippen molar-refractivity contribution < 1.29 is 0 Å². The summed E-state index contributed by atoms with van der Waals surface area (Å²) < 4.78 is 0. The molecule has 0 aliphatic heterocycles. The maximum atomic E-state index is 3.24. The molecular formula is C20H38P2. The van der Waals surface area contributed by atoms with Gasteiger partial charge < -0.3 is 0 Å². The molecule has 0 bridgehead atoms. The summed E-state index contributed by atoms with van der Waals surface area (Å²) in [5.41, 5.74) is 1.10. The molecule has 0 radical (unpaired) electrons. The molecule has 3 aliphatic rings. The summed E-state index contributed by atoms with van der Waals surface area (Å²) in [5, 5.41) is 0.730. The third-order valence-corrected chi connectivity index (χ3v) is 10.7. The second kappa shape index (κ2) is 8.81. The van der Waals surface area contributed by atoms with Crippen LogP contribution in [0.15, 0.2) is 0 Å². The van der Waals surface area contributed by atoms with Crippen molar-refractivity contribution in [3.63, 3.8) is 0 Å². The largest absolute Gasteiger partial charge is 0.137 e. The lowest BCUT2D eigenvalue weighted by Crippen LogP contribution is -2.46. The van der Waals surface area contributed by atoms with Gasteiger partial charge in [0, 0.05) is 0 Å². The highest BCUT2D eigenvalue weighted by Gasteiger charge is 2.45. The van der Waals surface area contributed by atoms with Gasteiger partial charge in [-0.25, -0.2) is 0 Å². The fourth-order valence-corrected chi connectivity index (χ4v) is 9.47. The first-order valence-corrected chi connectivity index (χ1v) is 12.2. The van der Waals surface area contributed by atoms with Crippen molar-refractivity contribution in [3.8, 4) is 0 Å². The van der Waals surface area contributed by atoms with E-state index in [1.54, 1.807) is 38.5 Å². The van der Waals surface area contributed by atoms with Crippen LogP contribution in [0.1, 0.15) is 96.3 Å². The van der Waals surface area contributed by atoms with Crippen molar-refractivity contribution in [2.24, 2.45) is 11.8 Å². The molecule has 3 aliphatic carbocycles. The summed E-state index contributed by atoms with van der Waals surface area (Å²) in [7, 11) is 4.52. The Hall–Kier alpha value is 0.860. The lowest BCUT2D eigenvalue weighted by atomic mass is 9.69. The highest BCUT2D eigenvalue weighted by molar-refractivity contribution is 7.42. The zero-order chi connectivity index (χ0) is 15.3. The summed E-state index contributed by atoms with van der Waals surface area (Å²) in [5.74, 6) is 2.14. The Labute approximate surface area is 143 Å². The first-order chi connectivity index (χ1) is 10.8. The van der Waals surface area contributed by atoms with Crippen molar-refractivity contribution in [2.75, 3.05) is 6.16 Å². The predicted molar refractivity (Wildman–Crippen MR) is 106 cm³/mol. The van der Waals surface area contributed by atoms with Gasteiger partial charge in [-0.1, -0.05) is 57.8 Å². The SMILES string of the molecule is PCC(PC1CCCCC1)(C1CCCCC1)C1CCCCC1. The van der Waals surface area contributed by atoms with E-state index >= 15 is 0 Å². The van der Waals surface area contributed by atoms with Crippen LogP contribution in [0.5, 0.6) is 0 Å². The van der Waals surface area contributed by atoms with Gasteiger partial charge in [0.15, 0.2) is 0 Å². The second-order valence-electron chi connectivity index (χ2n) is 8.39. The van der Waals surface area contributed by atoms with E-state index in [1.165, 1.54) is 72.5 Å². The fraction of sp³-hybridized carbons (Fsp3) is 1.00. The minimum absolute atomic E-state index is 0.730. The normalized spacial score (nSPS) is 27.7. The van der Waals surface area contributed by atoms with Crippen LogP contribution in [0.4, 0.5) is 0 Å². The number of hydrogen-bond donors (Lipinski definition) is 0. The van der Waals surface area contributed by atoms with Crippen molar-refractivity contribution in [2.45, 2.75) is 107 Å². The van der Waals surface area contributed by atoms with Gasteiger partial charge in [-0.05, 0) is 67.3 Å². The van der Waals surface area contributed by atoms with Gasteiger partial charge in [-0.3, -0.25) is 0 Å². The van der Waals surface area contributed by atoms with E-state index in [0.717, 1.165) is 22.7 Å². The van der Waals surface area contributed by atoms with Crippen molar-refractivity contribution >= 4 is 17.8 Å². The smallest absolute Gasteiger partial charge is 0.00286 e. The van der Waals surface area contributed by atoms with Gasteiger partial charge in [0.2, 0.25) is 0 Å². The fourth-order valence-electron chi connectivity index (χ4n) is 5.82. The summed E-state index contributed by atoms with van der Waals surface area (Å²) in [6.45, 7) is 0. The van der Waals surface area contributed by atoms with E-state index in [9.17, 15) is 0 Å². The van der Waals surface area contributed by atoms with Crippen molar-refractivity contribution in [1.29, 1.82) is 0 Å². The number of rotatable bonds is 5. The molecule has 3 rings (SSSR count). The maximum absolute atomic E-state index is 3.24. The third-order valence-electron chi connectivity index (χ3n) is 7.08. The molecule has 128 valence electrons. The Morgan fingerprint density at radius 3 is 1.45 bits per heavy atom. The van der Waals surface area contributed by atoms with Crippen LogP contribution in [-0.4, -0.2) is 17.0 Å². The molecule has 0 nitrogen and oxygen atoms in total. The monoisotopic (exact) mass is 340 g/mol. The Kier molecular flexibility index (Phi) is 7.08. The molecule has 2 atom stereocenters. The van der Waals surface area contributed by atoms with Gasteiger partial charge in [0.05, 0.1) is 0 Å². The first-order valence-electron chi connectivity index (χ1n) is 10.3. The lowest BCUT2D eigenvalue weighted by molar-refractivity contribution is 0.188. The van der Waals surface area contributed by atoms with E-state index < -0.39 is 0 Å². The molecule has 0 saturated heterocycles. The average molecular weight is 340 g/mol. The van der Waals surface area contributed by atoms with Gasteiger partial charge in [0.1, 0.15) is 0 Å². The van der Waals surface area contributed by atoms with Crippen LogP contribution in [-0.2, 0) is 0 Å². The Morgan fingerprint density at radius 1 is 0.636 bits per heavy atom. The molecule has 3 saturated carbocycles. The quantitative estimate of drug-likeness (QED) is 0.484. The topological polar surface area (TPSA) is 0 Å². The van der Waals surface area contributed by atoms with E-state index in [0.29, 0.717) is 0 Å². The molecule has 0 N–H and O–H groups in total. The molecule has 0 aromatic carbocycles. The molecule has 22 heavy (non-hydrogen) atoms.